The highest BCUT2D eigenvalue weighted by Gasteiger charge is 2.32. The van der Waals surface area contributed by atoms with Crippen LogP contribution in [0.5, 0.6) is 5.75 Å². The molecule has 0 radical (unpaired) electrons. The third-order valence-electron chi connectivity index (χ3n) is 8.96. The van der Waals surface area contributed by atoms with Gasteiger partial charge in [-0.1, -0.05) is 0 Å². The van der Waals surface area contributed by atoms with E-state index >= 15 is 4.39 Å². The van der Waals surface area contributed by atoms with Crippen molar-refractivity contribution in [3.05, 3.63) is 79.4 Å². The molecule has 2 aromatic heterocycles. The number of halogens is 2. The summed E-state index contributed by atoms with van der Waals surface area (Å²) >= 11 is 0. The van der Waals surface area contributed by atoms with Crippen molar-refractivity contribution in [3.8, 4) is 5.75 Å². The number of anilines is 1. The smallest absolute Gasteiger partial charge is 0.341 e. The lowest BCUT2D eigenvalue weighted by molar-refractivity contribution is 0.0684. The predicted molar refractivity (Wildman–Crippen MR) is 168 cm³/mol. The lowest BCUT2D eigenvalue weighted by Crippen LogP contribution is -2.49. The van der Waals surface area contributed by atoms with Crippen molar-refractivity contribution in [2.24, 2.45) is 0 Å². The second-order valence-corrected chi connectivity index (χ2v) is 12.2. The topological polar surface area (TPSA) is 143 Å². The molecule has 2 fully saturated rings. The van der Waals surface area contributed by atoms with Crippen LogP contribution in [0, 0.1) is 11.6 Å². The number of piperazine rings is 1. The van der Waals surface area contributed by atoms with Crippen LogP contribution in [0.4, 0.5) is 14.5 Å². The number of aromatic carboxylic acids is 2. The first kappa shape index (κ1) is 31.2. The van der Waals surface area contributed by atoms with Crippen LogP contribution in [-0.2, 0) is 6.42 Å². The summed E-state index contributed by atoms with van der Waals surface area (Å²) in [7, 11) is 1.45. The number of fused-ring (bicyclic) bond motifs is 1. The number of aryl methyl sites for hydroxylation is 1. The molecule has 2 atom stereocenters. The minimum absolute atomic E-state index is 0.0445. The van der Waals surface area contributed by atoms with E-state index in [2.05, 4.69) is 5.32 Å². The van der Waals surface area contributed by atoms with E-state index in [1.54, 1.807) is 9.13 Å². The summed E-state index contributed by atoms with van der Waals surface area (Å²) in [6.07, 6.45) is 6.01. The molecule has 46 heavy (non-hydrogen) atoms. The number of carboxylic acids is 2. The van der Waals surface area contributed by atoms with E-state index < -0.39 is 34.4 Å². The fraction of sp³-hybridized carbons (Fsp3) is 0.394. The lowest BCUT2D eigenvalue weighted by atomic mass is 9.96. The van der Waals surface area contributed by atoms with E-state index in [0.29, 0.717) is 42.0 Å². The van der Waals surface area contributed by atoms with Gasteiger partial charge in [0.1, 0.15) is 22.6 Å². The van der Waals surface area contributed by atoms with Crippen molar-refractivity contribution in [1.82, 2.24) is 14.5 Å². The number of rotatable bonds is 5. The van der Waals surface area contributed by atoms with Crippen molar-refractivity contribution in [3.63, 3.8) is 0 Å². The van der Waals surface area contributed by atoms with Crippen LogP contribution >= 0.6 is 0 Å². The molecule has 1 saturated heterocycles. The number of nitrogens with zero attached hydrogens (tertiary/aromatic N) is 3. The minimum atomic E-state index is -1.31. The SMILES string of the molecule is CC1CCc2cc(F)cc3c(=O)c(C(=O)O)cn1c23.COc1c(N2CCNC(C)C2)c(F)cc2c(=O)c(C(=O)O)cn(C3CC3)c12. The molecule has 1 saturated carbocycles. The van der Waals surface area contributed by atoms with Gasteiger partial charge in [0.05, 0.1) is 23.5 Å². The van der Waals surface area contributed by atoms with Gasteiger partial charge in [-0.3, -0.25) is 9.59 Å². The summed E-state index contributed by atoms with van der Waals surface area (Å²) < 4.78 is 37.8. The number of hydrogen-bond acceptors (Lipinski definition) is 7. The second-order valence-electron chi connectivity index (χ2n) is 12.2. The van der Waals surface area contributed by atoms with Crippen LogP contribution in [-0.4, -0.2) is 64.1 Å². The first-order valence-electron chi connectivity index (χ1n) is 15.2. The van der Waals surface area contributed by atoms with Gasteiger partial charge in [-0.15, -0.1) is 0 Å². The monoisotopic (exact) mass is 636 g/mol. The van der Waals surface area contributed by atoms with Gasteiger partial charge in [0.25, 0.3) is 0 Å². The van der Waals surface area contributed by atoms with E-state index in [4.69, 9.17) is 9.84 Å². The molecule has 3 N–H and O–H groups in total. The molecule has 2 unspecified atom stereocenters. The van der Waals surface area contributed by atoms with Crippen molar-refractivity contribution >= 4 is 39.4 Å². The largest absolute Gasteiger partial charge is 0.492 e. The Hall–Kier alpha value is -4.78. The number of aromatic nitrogens is 2. The average molecular weight is 637 g/mol. The lowest BCUT2D eigenvalue weighted by Gasteiger charge is -2.35. The van der Waals surface area contributed by atoms with Crippen LogP contribution in [0.1, 0.15) is 71.5 Å². The Morgan fingerprint density at radius 3 is 2.13 bits per heavy atom. The van der Waals surface area contributed by atoms with Gasteiger partial charge >= 0.3 is 11.9 Å². The van der Waals surface area contributed by atoms with Crippen molar-refractivity contribution < 1.29 is 33.3 Å². The van der Waals surface area contributed by atoms with E-state index in [-0.39, 0.29) is 40.0 Å². The second kappa shape index (κ2) is 11.9. The number of benzene rings is 2. The predicted octanol–water partition coefficient (Wildman–Crippen LogP) is 4.33. The Morgan fingerprint density at radius 1 is 0.913 bits per heavy atom. The van der Waals surface area contributed by atoms with Crippen molar-refractivity contribution in [2.75, 3.05) is 31.6 Å². The van der Waals surface area contributed by atoms with E-state index in [9.17, 15) is 28.7 Å². The van der Waals surface area contributed by atoms with Gasteiger partial charge in [-0.25, -0.2) is 18.4 Å². The van der Waals surface area contributed by atoms with Crippen LogP contribution < -0.4 is 25.8 Å². The van der Waals surface area contributed by atoms with Gasteiger partial charge in [0, 0.05) is 55.5 Å². The minimum Gasteiger partial charge on any atom is -0.492 e. The van der Waals surface area contributed by atoms with Gasteiger partial charge in [-0.05, 0) is 63.3 Å². The Morgan fingerprint density at radius 2 is 1.54 bits per heavy atom. The van der Waals surface area contributed by atoms with Crippen LogP contribution in [0.2, 0.25) is 0 Å². The molecule has 0 spiro atoms. The summed E-state index contributed by atoms with van der Waals surface area (Å²) in [6.45, 7) is 5.93. The summed E-state index contributed by atoms with van der Waals surface area (Å²) in [4.78, 5) is 49.3. The van der Waals surface area contributed by atoms with Gasteiger partial charge in [0.15, 0.2) is 11.6 Å². The number of methoxy groups -OCH3 is 1. The van der Waals surface area contributed by atoms with Gasteiger partial charge in [-0.2, -0.15) is 0 Å². The number of hydrogen-bond donors (Lipinski definition) is 3. The molecule has 11 nitrogen and oxygen atoms in total. The van der Waals surface area contributed by atoms with Crippen LogP contribution in [0.3, 0.4) is 0 Å². The Balaban J connectivity index is 0.000000172. The van der Waals surface area contributed by atoms with Crippen LogP contribution in [0.15, 0.2) is 40.2 Å². The maximum Gasteiger partial charge on any atom is 0.341 e. The highest BCUT2D eigenvalue weighted by Crippen LogP contribution is 2.43. The number of pyridine rings is 2. The molecule has 13 heteroatoms. The molecule has 7 rings (SSSR count). The molecule has 3 aliphatic rings. The average Bonchev–Trinajstić information content (AvgIpc) is 3.85. The number of carboxylic acid groups (broad SMARTS) is 2. The summed E-state index contributed by atoms with van der Waals surface area (Å²) in [5, 5.41) is 22.0. The highest BCUT2D eigenvalue weighted by molar-refractivity contribution is 5.97. The highest BCUT2D eigenvalue weighted by atomic mass is 19.1. The number of carbonyl (C=O) groups is 2. The Kier molecular flexibility index (Phi) is 8.05. The van der Waals surface area contributed by atoms with E-state index in [1.807, 2.05) is 18.7 Å². The molecule has 2 aromatic carbocycles. The first-order valence-corrected chi connectivity index (χ1v) is 15.2. The zero-order valence-corrected chi connectivity index (χ0v) is 25.6. The molecule has 4 heterocycles. The third-order valence-corrected chi connectivity index (χ3v) is 8.96. The fourth-order valence-corrected chi connectivity index (χ4v) is 6.59. The molecular formula is C33H34F2N4O7. The maximum absolute atomic E-state index is 15.1. The van der Waals surface area contributed by atoms with Gasteiger partial charge in [0.2, 0.25) is 10.9 Å². The molecule has 1 aliphatic carbocycles. The summed E-state index contributed by atoms with van der Waals surface area (Å²) in [5.41, 5.74) is 0.266. The zero-order chi connectivity index (χ0) is 33.0. The Bertz CT molecular complexity index is 2040. The van der Waals surface area contributed by atoms with Crippen LogP contribution in [0.25, 0.3) is 21.8 Å². The number of nitrogens with one attached hydrogen (secondary N) is 1. The van der Waals surface area contributed by atoms with E-state index in [0.717, 1.165) is 43.5 Å². The fourth-order valence-electron chi connectivity index (χ4n) is 6.59. The molecule has 242 valence electrons. The first-order chi connectivity index (χ1) is 21.9. The molecular weight excluding hydrogens is 602 g/mol. The normalized spacial score (nSPS) is 19.1. The molecule has 4 aromatic rings. The van der Waals surface area contributed by atoms with Gasteiger partial charge < -0.3 is 34.3 Å². The van der Waals surface area contributed by atoms with E-state index in [1.165, 1.54) is 25.6 Å². The third kappa shape index (κ3) is 5.38. The quantitative estimate of drug-likeness (QED) is 0.292. The summed E-state index contributed by atoms with van der Waals surface area (Å²) in [5.74, 6) is -3.37. The molecule has 0 bridgehead atoms. The molecule has 0 amide bonds. The van der Waals surface area contributed by atoms with Crippen molar-refractivity contribution in [2.45, 2.75) is 57.7 Å². The zero-order valence-electron chi connectivity index (χ0n) is 25.6. The number of ether oxygens (including phenoxy) is 1. The standard InChI is InChI=1S/C19H22FN3O4.C14H12FNO3/c1-10-8-22(6-5-21-10)16-14(20)7-12-15(18(16)27-2)23(11-3-4-11)9-13(17(12)24)19(25)26;1-7-2-3-8-4-9(15)5-10-12(8)16(7)6-11(13(10)17)14(18)19/h7,9-11,21H,3-6,8H2,1-2H3,(H,25,26);4-7H,2-3H2,1H3,(H,18,19). The van der Waals surface area contributed by atoms with Crippen molar-refractivity contribution in [1.29, 1.82) is 0 Å². The molecule has 2 aliphatic heterocycles. The summed E-state index contributed by atoms with van der Waals surface area (Å²) in [6, 6.07) is 4.10. The maximum atomic E-state index is 15.1. The Labute approximate surface area is 261 Å².